The average Bonchev–Trinajstić information content (AvgIpc) is 2.47. The fourth-order valence-electron chi connectivity index (χ4n) is 1.72. The van der Waals surface area contributed by atoms with Gasteiger partial charge in [0, 0.05) is 25.9 Å². The molecule has 1 unspecified atom stereocenters. The van der Waals surface area contributed by atoms with Crippen LogP contribution in [0.25, 0.3) is 0 Å². The van der Waals surface area contributed by atoms with Gasteiger partial charge in [-0.05, 0) is 25.5 Å². The third-order valence-electron chi connectivity index (χ3n) is 3.07. The smallest absolute Gasteiger partial charge is 0.272 e. The second kappa shape index (κ2) is 7.70. The lowest BCUT2D eigenvalue weighted by Crippen LogP contribution is -2.40. The maximum Gasteiger partial charge on any atom is 0.272 e. The van der Waals surface area contributed by atoms with Crippen LogP contribution in [0, 0.1) is 0 Å². The Kier molecular flexibility index (Phi) is 6.24. The molecule has 0 aliphatic rings. The normalized spacial score (nSPS) is 12.0. The van der Waals surface area contributed by atoms with E-state index in [-0.39, 0.29) is 11.9 Å². The largest absolute Gasteiger partial charge is 0.383 e. The van der Waals surface area contributed by atoms with Gasteiger partial charge in [0.1, 0.15) is 5.69 Å². The highest BCUT2D eigenvalue weighted by Crippen LogP contribution is 2.12. The number of nitrogens with two attached hydrogens (primary N) is 1. The number of hydrazine groups is 1. The molecule has 0 bridgehead atoms. The predicted octanol–water partition coefficient (Wildman–Crippen LogP) is 1.25. The van der Waals surface area contributed by atoms with Crippen LogP contribution in [-0.2, 0) is 4.74 Å². The Labute approximate surface area is 113 Å². The van der Waals surface area contributed by atoms with E-state index in [1.807, 2.05) is 13.8 Å². The number of nitrogen functional groups attached to an aromatic ring is 1. The number of nitrogens with one attached hydrogen (secondary N) is 1. The van der Waals surface area contributed by atoms with Gasteiger partial charge in [-0.2, -0.15) is 0 Å². The van der Waals surface area contributed by atoms with E-state index in [2.05, 4.69) is 10.4 Å². The zero-order chi connectivity index (χ0) is 14.3. The molecule has 1 heterocycles. The van der Waals surface area contributed by atoms with Crippen molar-refractivity contribution >= 4 is 11.6 Å². The van der Waals surface area contributed by atoms with Gasteiger partial charge in [0.2, 0.25) is 0 Å². The van der Waals surface area contributed by atoms with E-state index in [4.69, 9.17) is 10.6 Å². The van der Waals surface area contributed by atoms with Crippen LogP contribution in [0.4, 0.5) is 5.69 Å². The Morgan fingerprint density at radius 3 is 2.95 bits per heavy atom. The molecular weight excluding hydrogens is 244 g/mol. The monoisotopic (exact) mass is 266 g/mol. The first-order chi connectivity index (χ1) is 9.13. The zero-order valence-corrected chi connectivity index (χ0v) is 11.7. The van der Waals surface area contributed by atoms with Gasteiger partial charge in [-0.1, -0.05) is 6.92 Å². The molecule has 0 saturated carbocycles. The van der Waals surface area contributed by atoms with Gasteiger partial charge in [-0.15, -0.1) is 0 Å². The van der Waals surface area contributed by atoms with Crippen molar-refractivity contribution in [2.45, 2.75) is 26.3 Å². The fourth-order valence-corrected chi connectivity index (χ4v) is 1.72. The van der Waals surface area contributed by atoms with E-state index in [1.54, 1.807) is 30.3 Å². The van der Waals surface area contributed by atoms with E-state index in [1.165, 1.54) is 0 Å². The summed E-state index contributed by atoms with van der Waals surface area (Å²) < 4.78 is 5.05. The van der Waals surface area contributed by atoms with Gasteiger partial charge in [0.15, 0.2) is 0 Å². The van der Waals surface area contributed by atoms with E-state index in [9.17, 15) is 4.79 Å². The molecule has 0 spiro atoms. The molecular formula is C13H22N4O2. The Hall–Kier alpha value is -1.66. The third-order valence-corrected chi connectivity index (χ3v) is 3.07. The molecule has 1 rings (SSSR count). The molecule has 0 radical (unpaired) electrons. The number of carbonyl (C=O) groups excluding carboxylic acids is 1. The Morgan fingerprint density at radius 1 is 1.63 bits per heavy atom. The first kappa shape index (κ1) is 15.4. The second-order valence-corrected chi connectivity index (χ2v) is 4.32. The van der Waals surface area contributed by atoms with Crippen LogP contribution in [0.5, 0.6) is 0 Å². The van der Waals surface area contributed by atoms with Gasteiger partial charge in [0.05, 0.1) is 12.3 Å². The van der Waals surface area contributed by atoms with Gasteiger partial charge in [0.25, 0.3) is 5.91 Å². The number of nitrogens with zero attached hydrogens (tertiary/aromatic N) is 2. The summed E-state index contributed by atoms with van der Waals surface area (Å²) in [5, 5.41) is 0. The quantitative estimate of drug-likeness (QED) is 0.573. The minimum atomic E-state index is -0.108. The summed E-state index contributed by atoms with van der Waals surface area (Å²) in [6.45, 7) is 5.11. The summed E-state index contributed by atoms with van der Waals surface area (Å²) in [5.41, 5.74) is 3.55. The molecule has 1 aromatic rings. The first-order valence-corrected chi connectivity index (χ1v) is 6.36. The van der Waals surface area contributed by atoms with E-state index < -0.39 is 0 Å². The number of aromatic nitrogens is 1. The lowest BCUT2D eigenvalue weighted by Gasteiger charge is -2.28. The average molecular weight is 266 g/mol. The molecule has 6 nitrogen and oxygen atoms in total. The molecule has 1 amide bonds. The van der Waals surface area contributed by atoms with Gasteiger partial charge < -0.3 is 15.1 Å². The van der Waals surface area contributed by atoms with E-state index in [0.29, 0.717) is 24.5 Å². The minimum Gasteiger partial charge on any atom is -0.383 e. The number of hydrogen-bond donors (Lipinski definition) is 2. The summed E-state index contributed by atoms with van der Waals surface area (Å²) in [4.78, 5) is 18.3. The molecule has 0 aromatic carbocycles. The van der Waals surface area contributed by atoms with E-state index >= 15 is 0 Å². The van der Waals surface area contributed by atoms with Crippen molar-refractivity contribution in [2.24, 2.45) is 5.84 Å². The van der Waals surface area contributed by atoms with Crippen LogP contribution < -0.4 is 11.3 Å². The molecule has 1 aromatic heterocycles. The lowest BCUT2D eigenvalue weighted by atomic mass is 10.2. The van der Waals surface area contributed by atoms with Gasteiger partial charge in [-0.3, -0.25) is 15.6 Å². The van der Waals surface area contributed by atoms with Gasteiger partial charge in [-0.25, -0.2) is 0 Å². The molecule has 0 aliphatic heterocycles. The highest BCUT2D eigenvalue weighted by Gasteiger charge is 2.21. The molecule has 0 saturated heterocycles. The SMILES string of the molecule is CCC(C)N(CCOC)C(=O)c1cc(NN)ccn1. The molecule has 0 fully saturated rings. The van der Waals surface area contributed by atoms with Crippen LogP contribution in [0.3, 0.4) is 0 Å². The van der Waals surface area contributed by atoms with Crippen molar-refractivity contribution in [3.63, 3.8) is 0 Å². The van der Waals surface area contributed by atoms with Crippen LogP contribution in [0.2, 0.25) is 0 Å². The molecule has 106 valence electrons. The third kappa shape index (κ3) is 4.18. The molecule has 1 atom stereocenters. The topological polar surface area (TPSA) is 80.5 Å². The number of anilines is 1. The maximum absolute atomic E-state index is 12.5. The Morgan fingerprint density at radius 2 is 2.37 bits per heavy atom. The summed E-state index contributed by atoms with van der Waals surface area (Å²) in [6.07, 6.45) is 2.44. The highest BCUT2D eigenvalue weighted by atomic mass is 16.5. The van der Waals surface area contributed by atoms with Crippen molar-refractivity contribution < 1.29 is 9.53 Å². The van der Waals surface area contributed by atoms with Crippen molar-refractivity contribution in [3.8, 4) is 0 Å². The summed E-state index contributed by atoms with van der Waals surface area (Å²) >= 11 is 0. The first-order valence-electron chi connectivity index (χ1n) is 6.36. The molecule has 0 aliphatic carbocycles. The number of ether oxygens (including phenoxy) is 1. The second-order valence-electron chi connectivity index (χ2n) is 4.32. The number of amides is 1. The predicted molar refractivity (Wildman–Crippen MR) is 74.7 cm³/mol. The number of hydrogen-bond acceptors (Lipinski definition) is 5. The van der Waals surface area contributed by atoms with Gasteiger partial charge >= 0.3 is 0 Å². The molecule has 19 heavy (non-hydrogen) atoms. The lowest BCUT2D eigenvalue weighted by molar-refractivity contribution is 0.0608. The zero-order valence-electron chi connectivity index (χ0n) is 11.7. The van der Waals surface area contributed by atoms with Crippen LogP contribution in [0.1, 0.15) is 30.8 Å². The maximum atomic E-state index is 12.5. The van der Waals surface area contributed by atoms with Crippen molar-refractivity contribution in [2.75, 3.05) is 25.7 Å². The minimum absolute atomic E-state index is 0.108. The summed E-state index contributed by atoms with van der Waals surface area (Å²) in [7, 11) is 1.62. The van der Waals surface area contributed by atoms with Crippen LogP contribution >= 0.6 is 0 Å². The van der Waals surface area contributed by atoms with Crippen molar-refractivity contribution in [1.82, 2.24) is 9.88 Å². The van der Waals surface area contributed by atoms with Crippen molar-refractivity contribution in [1.29, 1.82) is 0 Å². The molecule has 3 N–H and O–H groups in total. The number of methoxy groups -OCH3 is 1. The number of rotatable bonds is 7. The van der Waals surface area contributed by atoms with Crippen molar-refractivity contribution in [3.05, 3.63) is 24.0 Å². The molecule has 6 heteroatoms. The van der Waals surface area contributed by atoms with Crippen LogP contribution in [0.15, 0.2) is 18.3 Å². The van der Waals surface area contributed by atoms with Crippen LogP contribution in [-0.4, -0.2) is 42.1 Å². The Balaban J connectivity index is 2.90. The number of pyridine rings is 1. The Bertz CT molecular complexity index is 411. The highest BCUT2D eigenvalue weighted by molar-refractivity contribution is 5.93. The summed E-state index contributed by atoms with van der Waals surface area (Å²) in [6, 6.07) is 3.49. The summed E-state index contributed by atoms with van der Waals surface area (Å²) in [5.74, 6) is 5.23. The fraction of sp³-hybridized carbons (Fsp3) is 0.538. The van der Waals surface area contributed by atoms with E-state index in [0.717, 1.165) is 6.42 Å². The number of carbonyl (C=O) groups is 1. The standard InChI is InChI=1S/C13H22N4O2/c1-4-10(2)17(7-8-19-3)13(18)12-9-11(16-14)5-6-15-12/h5-6,9-10H,4,7-8,14H2,1-3H3,(H,15,16).